The van der Waals surface area contributed by atoms with Crippen molar-refractivity contribution in [1.82, 2.24) is 9.97 Å². The van der Waals surface area contributed by atoms with Gasteiger partial charge in [-0.05, 0) is 0 Å². The minimum absolute atomic E-state index is 0.579. The lowest BCUT2D eigenvalue weighted by atomic mass is 10.5. The van der Waals surface area contributed by atoms with Gasteiger partial charge < -0.3 is 5.11 Å². The van der Waals surface area contributed by atoms with Gasteiger partial charge in [-0.1, -0.05) is 11.6 Å². The van der Waals surface area contributed by atoms with E-state index in [0.29, 0.717) is 6.20 Å². The van der Waals surface area contributed by atoms with Crippen molar-refractivity contribution < 1.29 is 18.3 Å². The fraction of sp³-hybridized carbons (Fsp3) is 0.200. The van der Waals surface area contributed by atoms with Gasteiger partial charge in [0.1, 0.15) is 0 Å². The van der Waals surface area contributed by atoms with E-state index in [1.807, 2.05) is 0 Å². The van der Waals surface area contributed by atoms with Crippen molar-refractivity contribution in [2.75, 3.05) is 0 Å². The van der Waals surface area contributed by atoms with Crippen LogP contribution in [0.15, 0.2) is 6.20 Å². The molecule has 1 rings (SSSR count). The molecular formula is C5H2ClF3N2O. The Bertz CT molecular complexity index is 301. The molecule has 0 saturated carbocycles. The Morgan fingerprint density at radius 1 is 1.42 bits per heavy atom. The molecule has 0 aliphatic rings. The number of aromatic nitrogens is 2. The molecule has 0 fully saturated rings. The molecule has 0 atom stereocenters. The number of hydrogen-bond donors (Lipinski definition) is 1. The van der Waals surface area contributed by atoms with Crippen LogP contribution >= 0.6 is 11.6 Å². The first kappa shape index (κ1) is 9.05. The van der Waals surface area contributed by atoms with Gasteiger partial charge in [-0.3, -0.25) is 0 Å². The van der Waals surface area contributed by atoms with E-state index in [0.717, 1.165) is 0 Å². The molecule has 0 amide bonds. The Labute approximate surface area is 69.8 Å². The maximum Gasteiger partial charge on any atom is 0.451 e. The highest BCUT2D eigenvalue weighted by Gasteiger charge is 2.35. The molecule has 0 saturated heterocycles. The van der Waals surface area contributed by atoms with E-state index >= 15 is 0 Å². The summed E-state index contributed by atoms with van der Waals surface area (Å²) < 4.78 is 35.5. The van der Waals surface area contributed by atoms with Crippen molar-refractivity contribution >= 4 is 11.6 Å². The predicted molar refractivity (Wildman–Crippen MR) is 33.7 cm³/mol. The smallest absolute Gasteiger partial charge is 0.451 e. The van der Waals surface area contributed by atoms with Crippen molar-refractivity contribution in [3.8, 4) is 5.75 Å². The van der Waals surface area contributed by atoms with Crippen LogP contribution in [-0.2, 0) is 6.18 Å². The highest BCUT2D eigenvalue weighted by Crippen LogP contribution is 2.28. The van der Waals surface area contributed by atoms with Gasteiger partial charge in [0.05, 0.1) is 6.20 Å². The second-order valence-electron chi connectivity index (χ2n) is 1.87. The van der Waals surface area contributed by atoms with Crippen molar-refractivity contribution in [3.63, 3.8) is 0 Å². The lowest BCUT2D eigenvalue weighted by molar-refractivity contribution is -0.145. The quantitative estimate of drug-likeness (QED) is 0.647. The van der Waals surface area contributed by atoms with Crippen molar-refractivity contribution in [3.05, 3.63) is 17.2 Å². The van der Waals surface area contributed by atoms with Gasteiger partial charge in [-0.2, -0.15) is 13.2 Å². The predicted octanol–water partition coefficient (Wildman–Crippen LogP) is 1.85. The van der Waals surface area contributed by atoms with Gasteiger partial charge in [0, 0.05) is 0 Å². The van der Waals surface area contributed by atoms with Crippen LogP contribution in [0.3, 0.4) is 0 Å². The molecule has 7 heteroatoms. The summed E-state index contributed by atoms with van der Waals surface area (Å²) in [6.07, 6.45) is -4.05. The van der Waals surface area contributed by atoms with Crippen LogP contribution in [0.1, 0.15) is 5.82 Å². The van der Waals surface area contributed by atoms with Gasteiger partial charge in [-0.15, -0.1) is 0 Å². The molecule has 0 spiro atoms. The lowest BCUT2D eigenvalue weighted by Crippen LogP contribution is -2.10. The molecule has 1 N–H and O–H groups in total. The first-order chi connectivity index (χ1) is 5.41. The van der Waals surface area contributed by atoms with Gasteiger partial charge in [0.2, 0.25) is 5.82 Å². The second kappa shape index (κ2) is 2.78. The van der Waals surface area contributed by atoms with Crippen LogP contribution in [-0.4, -0.2) is 15.1 Å². The first-order valence-corrected chi connectivity index (χ1v) is 3.08. The zero-order chi connectivity index (χ0) is 9.35. The zero-order valence-corrected chi connectivity index (χ0v) is 6.19. The highest BCUT2D eigenvalue weighted by atomic mass is 35.5. The number of halogens is 4. The largest absolute Gasteiger partial charge is 0.504 e. The summed E-state index contributed by atoms with van der Waals surface area (Å²) in [5.74, 6) is -1.95. The Morgan fingerprint density at radius 3 is 2.42 bits per heavy atom. The molecule has 0 aromatic carbocycles. The van der Waals surface area contributed by atoms with Gasteiger partial charge in [-0.25, -0.2) is 9.97 Å². The van der Waals surface area contributed by atoms with Crippen LogP contribution in [0.4, 0.5) is 13.2 Å². The molecule has 0 aliphatic heterocycles. The summed E-state index contributed by atoms with van der Waals surface area (Å²) >= 11 is 5.12. The number of hydrogen-bond acceptors (Lipinski definition) is 3. The molecule has 0 bridgehead atoms. The molecule has 1 heterocycles. The zero-order valence-electron chi connectivity index (χ0n) is 5.43. The molecule has 1 aromatic rings. The van der Waals surface area contributed by atoms with Gasteiger partial charge in [0.25, 0.3) is 0 Å². The average molecular weight is 199 g/mol. The van der Waals surface area contributed by atoms with E-state index in [1.165, 1.54) is 0 Å². The van der Waals surface area contributed by atoms with E-state index in [2.05, 4.69) is 9.97 Å². The minimum Gasteiger partial charge on any atom is -0.504 e. The summed E-state index contributed by atoms with van der Waals surface area (Å²) in [6, 6.07) is 0. The highest BCUT2D eigenvalue weighted by molar-refractivity contribution is 6.30. The molecule has 0 unspecified atom stereocenters. The van der Waals surface area contributed by atoms with Crippen LogP contribution < -0.4 is 0 Å². The Hall–Kier alpha value is -1.04. The number of aromatic hydroxyl groups is 1. The number of nitrogens with zero attached hydrogens (tertiary/aromatic N) is 2. The van der Waals surface area contributed by atoms with Crippen LogP contribution in [0.25, 0.3) is 0 Å². The van der Waals surface area contributed by atoms with Crippen LogP contribution in [0, 0.1) is 0 Å². The SMILES string of the molecule is Oc1cnc(C(F)(F)F)nc1Cl. The number of alkyl halides is 3. The molecule has 1 aromatic heterocycles. The summed E-state index contributed by atoms with van der Waals surface area (Å²) in [7, 11) is 0. The summed E-state index contributed by atoms with van der Waals surface area (Å²) in [4.78, 5) is 5.66. The molecule has 66 valence electrons. The summed E-state index contributed by atoms with van der Waals surface area (Å²) in [5, 5.41) is 8.07. The standard InChI is InChI=1S/C5H2ClF3N2O/c6-3-2(12)1-10-4(11-3)5(7,8)9/h1,12H. The lowest BCUT2D eigenvalue weighted by Gasteiger charge is -2.03. The molecular weight excluding hydrogens is 197 g/mol. The Balaban J connectivity index is 3.14. The fourth-order valence-electron chi connectivity index (χ4n) is 0.491. The topological polar surface area (TPSA) is 46.0 Å². The third-order valence-electron chi connectivity index (χ3n) is 0.978. The van der Waals surface area contributed by atoms with E-state index in [1.54, 1.807) is 0 Å². The third-order valence-corrected chi connectivity index (χ3v) is 1.26. The molecule has 12 heavy (non-hydrogen) atoms. The van der Waals surface area contributed by atoms with Gasteiger partial charge in [0.15, 0.2) is 10.9 Å². The first-order valence-electron chi connectivity index (χ1n) is 2.70. The van der Waals surface area contributed by atoms with Crippen molar-refractivity contribution in [2.45, 2.75) is 6.18 Å². The Kier molecular flexibility index (Phi) is 2.10. The van der Waals surface area contributed by atoms with Crippen molar-refractivity contribution in [2.24, 2.45) is 0 Å². The normalized spacial score (nSPS) is 11.7. The maximum atomic E-state index is 11.8. The van der Waals surface area contributed by atoms with Gasteiger partial charge >= 0.3 is 6.18 Å². The van der Waals surface area contributed by atoms with E-state index in [-0.39, 0.29) is 0 Å². The van der Waals surface area contributed by atoms with E-state index in [9.17, 15) is 13.2 Å². The molecule has 3 nitrogen and oxygen atoms in total. The van der Waals surface area contributed by atoms with E-state index < -0.39 is 22.9 Å². The monoisotopic (exact) mass is 198 g/mol. The summed E-state index contributed by atoms with van der Waals surface area (Å²) in [6.45, 7) is 0. The maximum absolute atomic E-state index is 11.8. The van der Waals surface area contributed by atoms with Crippen LogP contribution in [0.5, 0.6) is 5.75 Å². The number of rotatable bonds is 0. The minimum atomic E-state index is -4.64. The molecule has 0 aliphatic carbocycles. The van der Waals surface area contributed by atoms with Crippen molar-refractivity contribution in [1.29, 1.82) is 0 Å². The second-order valence-corrected chi connectivity index (χ2v) is 2.23. The summed E-state index contributed by atoms with van der Waals surface area (Å²) in [5.41, 5.74) is 0. The van der Waals surface area contributed by atoms with E-state index in [4.69, 9.17) is 16.7 Å². The average Bonchev–Trinajstić information content (AvgIpc) is 1.92. The molecule has 0 radical (unpaired) electrons. The van der Waals surface area contributed by atoms with Crippen LogP contribution in [0.2, 0.25) is 5.15 Å². The fourth-order valence-corrected chi connectivity index (χ4v) is 0.620. The Morgan fingerprint density at radius 2 is 2.00 bits per heavy atom. The third kappa shape index (κ3) is 1.76.